The number of phenolic OH excluding ortho intramolecular Hbond substituents is 1. The molecule has 1 heterocycles. The number of nitrogens with one attached hydrogen (secondary N) is 1. The van der Waals surface area contributed by atoms with E-state index in [1.54, 1.807) is 26.0 Å². The van der Waals surface area contributed by atoms with Crippen molar-refractivity contribution in [1.82, 2.24) is 0 Å². The molecule has 1 saturated carbocycles. The van der Waals surface area contributed by atoms with Gasteiger partial charge in [0, 0.05) is 12.1 Å². The Kier molecular flexibility index (Phi) is 5.73. The number of carbonyl (C=O) groups excluding carboxylic acids is 1. The minimum Gasteiger partial charge on any atom is -0.506 e. The maximum Gasteiger partial charge on any atom is 0.307 e. The van der Waals surface area contributed by atoms with Gasteiger partial charge in [-0.15, -0.1) is 0 Å². The number of fused-ring (bicyclic) bond motifs is 1. The Hall–Kier alpha value is -3.27. The van der Waals surface area contributed by atoms with E-state index in [1.165, 1.54) is 11.4 Å². The predicted molar refractivity (Wildman–Crippen MR) is 121 cm³/mol. The molecule has 1 aliphatic heterocycles. The molecule has 3 N–H and O–H groups in total. The number of sulfonamides is 1. The molecule has 4 rings (SSSR count). The lowest BCUT2D eigenvalue weighted by molar-refractivity contribution is -0.140. The molecule has 0 spiro atoms. The molecule has 2 aliphatic rings. The van der Waals surface area contributed by atoms with Crippen LogP contribution < -0.4 is 14.4 Å². The number of aliphatic carboxylic acids is 1. The minimum absolute atomic E-state index is 0.0417. The summed E-state index contributed by atoms with van der Waals surface area (Å²) in [7, 11) is -2.88. The van der Waals surface area contributed by atoms with Gasteiger partial charge >= 0.3 is 5.97 Å². The van der Waals surface area contributed by atoms with Gasteiger partial charge in [0.2, 0.25) is 5.91 Å². The number of carboxylic acid groups (broad SMARTS) is 1. The smallest absolute Gasteiger partial charge is 0.307 e. The van der Waals surface area contributed by atoms with E-state index >= 15 is 0 Å². The third-order valence-electron chi connectivity index (χ3n) is 6.50. The Balaban J connectivity index is 1.73. The molecule has 2 aromatic rings. The minimum atomic E-state index is -4.20. The number of aryl methyl sites for hydroxylation is 1. The fraction of sp³-hybridized carbons (Fsp3) is 0.391. The van der Waals surface area contributed by atoms with Gasteiger partial charge in [-0.3, -0.25) is 13.9 Å². The first kappa shape index (κ1) is 22.9. The van der Waals surface area contributed by atoms with Crippen LogP contribution in [-0.2, 0) is 26.0 Å². The van der Waals surface area contributed by atoms with Crippen LogP contribution in [0, 0.1) is 17.8 Å². The zero-order valence-electron chi connectivity index (χ0n) is 18.5. The molecule has 9 nitrogen and oxygen atoms in total. The van der Waals surface area contributed by atoms with Gasteiger partial charge in [-0.1, -0.05) is 25.1 Å². The molecule has 10 heteroatoms. The summed E-state index contributed by atoms with van der Waals surface area (Å²) in [5, 5.41) is 22.4. The molecule has 1 amide bonds. The molecule has 0 radical (unpaired) electrons. The van der Waals surface area contributed by atoms with E-state index in [2.05, 4.69) is 5.32 Å². The Morgan fingerprint density at radius 2 is 1.85 bits per heavy atom. The summed E-state index contributed by atoms with van der Waals surface area (Å²) in [5.74, 6) is -3.90. The molecule has 4 atom stereocenters. The van der Waals surface area contributed by atoms with Crippen molar-refractivity contribution in [2.24, 2.45) is 17.8 Å². The summed E-state index contributed by atoms with van der Waals surface area (Å²) in [6, 6.07) is 9.16. The zero-order chi connectivity index (χ0) is 24.1. The Bertz CT molecular complexity index is 1230. The number of benzene rings is 2. The van der Waals surface area contributed by atoms with Crippen molar-refractivity contribution in [2.75, 3.05) is 16.7 Å². The third kappa shape index (κ3) is 3.88. The number of methoxy groups -OCH3 is 1. The molecule has 0 aromatic heterocycles. The van der Waals surface area contributed by atoms with E-state index < -0.39 is 39.5 Å². The third-order valence-corrected chi connectivity index (χ3v) is 8.46. The molecule has 0 bridgehead atoms. The first-order valence-corrected chi connectivity index (χ1v) is 12.1. The van der Waals surface area contributed by atoms with Crippen LogP contribution in [0.2, 0.25) is 0 Å². The lowest BCUT2D eigenvalue weighted by atomic mass is 9.99. The van der Waals surface area contributed by atoms with Gasteiger partial charge < -0.3 is 20.3 Å². The SMILES string of the molecule is COc1cc(O)c(S(=O)(=O)N2c3ccccc3CCC2C)cc1NC(=O)[C@@H]1C(C)[C@H]1C(=O)O. The quantitative estimate of drug-likeness (QED) is 0.548. The van der Waals surface area contributed by atoms with Gasteiger partial charge in [0.1, 0.15) is 16.4 Å². The monoisotopic (exact) mass is 474 g/mol. The van der Waals surface area contributed by atoms with E-state index in [0.29, 0.717) is 12.1 Å². The van der Waals surface area contributed by atoms with E-state index in [-0.39, 0.29) is 28.3 Å². The molecule has 33 heavy (non-hydrogen) atoms. The number of aromatic hydroxyl groups is 1. The van der Waals surface area contributed by atoms with Crippen LogP contribution in [0.1, 0.15) is 25.8 Å². The molecule has 1 fully saturated rings. The summed E-state index contributed by atoms with van der Waals surface area (Å²) >= 11 is 0. The highest BCUT2D eigenvalue weighted by Gasteiger charge is 2.56. The summed E-state index contributed by atoms with van der Waals surface area (Å²) in [5.41, 5.74) is 1.48. The summed E-state index contributed by atoms with van der Waals surface area (Å²) in [6.07, 6.45) is 1.36. The standard InChI is InChI=1S/C23H26N2O7S/c1-12-8-9-14-6-4-5-7-16(14)25(12)33(30,31)19-10-15(18(32-3)11-17(19)26)24-22(27)20-13(2)21(20)23(28)29/h4-7,10-13,20-21,26H,8-9H2,1-3H3,(H,24,27)(H,28,29)/t12?,13?,20-,21-/m1/s1. The van der Waals surface area contributed by atoms with Gasteiger partial charge in [-0.25, -0.2) is 8.42 Å². The topological polar surface area (TPSA) is 133 Å². The Morgan fingerprint density at radius 3 is 2.48 bits per heavy atom. The van der Waals surface area contributed by atoms with Crippen LogP contribution in [0.5, 0.6) is 11.5 Å². The number of carboxylic acids is 1. The van der Waals surface area contributed by atoms with Crippen LogP contribution in [0.15, 0.2) is 41.3 Å². The number of hydrogen-bond donors (Lipinski definition) is 3. The number of hydrogen-bond acceptors (Lipinski definition) is 6. The van der Waals surface area contributed by atoms with Crippen molar-refractivity contribution in [2.45, 2.75) is 37.6 Å². The lowest BCUT2D eigenvalue weighted by Gasteiger charge is -2.36. The second kappa shape index (κ2) is 8.26. The number of nitrogens with zero attached hydrogens (tertiary/aromatic N) is 1. The van der Waals surface area contributed by atoms with Gasteiger partial charge in [-0.2, -0.15) is 0 Å². The summed E-state index contributed by atoms with van der Waals surface area (Å²) < 4.78 is 33.9. The van der Waals surface area contributed by atoms with Gasteiger partial charge in [0.25, 0.3) is 10.0 Å². The van der Waals surface area contributed by atoms with Gasteiger partial charge in [0.05, 0.1) is 30.3 Å². The number of para-hydroxylation sites is 1. The summed E-state index contributed by atoms with van der Waals surface area (Å²) in [4.78, 5) is 23.6. The van der Waals surface area contributed by atoms with Crippen LogP contribution in [0.4, 0.5) is 11.4 Å². The molecule has 1 aliphatic carbocycles. The van der Waals surface area contributed by atoms with Crippen molar-refractivity contribution in [3.63, 3.8) is 0 Å². The fourth-order valence-electron chi connectivity index (χ4n) is 4.61. The second-order valence-corrected chi connectivity index (χ2v) is 10.4. The van der Waals surface area contributed by atoms with Gasteiger partial charge in [0.15, 0.2) is 0 Å². The lowest BCUT2D eigenvalue weighted by Crippen LogP contribution is -2.42. The zero-order valence-corrected chi connectivity index (χ0v) is 19.3. The first-order chi connectivity index (χ1) is 15.6. The Morgan fingerprint density at radius 1 is 1.15 bits per heavy atom. The van der Waals surface area contributed by atoms with Crippen molar-refractivity contribution in [3.05, 3.63) is 42.0 Å². The van der Waals surface area contributed by atoms with Crippen LogP contribution >= 0.6 is 0 Å². The number of ether oxygens (including phenoxy) is 1. The average molecular weight is 475 g/mol. The highest BCUT2D eigenvalue weighted by Crippen LogP contribution is 2.47. The normalized spacial score (nSPS) is 24.0. The second-order valence-electron chi connectivity index (χ2n) is 8.58. The van der Waals surface area contributed by atoms with E-state index in [4.69, 9.17) is 4.74 Å². The summed E-state index contributed by atoms with van der Waals surface area (Å²) in [6.45, 7) is 3.47. The van der Waals surface area contributed by atoms with E-state index in [0.717, 1.165) is 24.1 Å². The highest BCUT2D eigenvalue weighted by molar-refractivity contribution is 7.93. The van der Waals surface area contributed by atoms with E-state index in [9.17, 15) is 28.2 Å². The van der Waals surface area contributed by atoms with Crippen molar-refractivity contribution >= 4 is 33.3 Å². The molecular weight excluding hydrogens is 448 g/mol. The number of carbonyl (C=O) groups is 2. The maximum absolute atomic E-state index is 13.7. The Labute approximate surface area is 192 Å². The first-order valence-electron chi connectivity index (χ1n) is 10.6. The molecule has 0 saturated heterocycles. The van der Waals surface area contributed by atoms with Gasteiger partial charge in [-0.05, 0) is 43.4 Å². The molecule has 2 unspecified atom stereocenters. The van der Waals surface area contributed by atoms with Crippen molar-refractivity contribution in [3.8, 4) is 11.5 Å². The highest BCUT2D eigenvalue weighted by atomic mass is 32.2. The number of amides is 1. The predicted octanol–water partition coefficient (Wildman–Crippen LogP) is 2.84. The fourth-order valence-corrected chi connectivity index (χ4v) is 6.43. The van der Waals surface area contributed by atoms with Crippen LogP contribution in [0.3, 0.4) is 0 Å². The number of phenols is 1. The molecular formula is C23H26N2O7S. The number of rotatable bonds is 6. The molecule has 2 aromatic carbocycles. The van der Waals surface area contributed by atoms with Crippen LogP contribution in [0.25, 0.3) is 0 Å². The van der Waals surface area contributed by atoms with E-state index in [1.807, 2.05) is 12.1 Å². The largest absolute Gasteiger partial charge is 0.506 e. The number of anilines is 2. The van der Waals surface area contributed by atoms with Crippen molar-refractivity contribution < 1.29 is 33.0 Å². The average Bonchev–Trinajstić information content (AvgIpc) is 3.45. The van der Waals surface area contributed by atoms with Crippen molar-refractivity contribution in [1.29, 1.82) is 0 Å². The molecule has 176 valence electrons. The maximum atomic E-state index is 13.7. The van der Waals surface area contributed by atoms with Crippen LogP contribution in [-0.4, -0.2) is 43.7 Å².